The van der Waals surface area contributed by atoms with Gasteiger partial charge in [-0.25, -0.2) is 4.79 Å². The molecule has 2 aliphatic rings. The van der Waals surface area contributed by atoms with Gasteiger partial charge in [0.05, 0.1) is 11.5 Å². The number of imide groups is 1. The smallest absolute Gasteiger partial charge is 0.324 e. The van der Waals surface area contributed by atoms with Gasteiger partial charge in [-0.3, -0.25) is 9.69 Å². The standard InChI is InChI=1S/C24H38N6O2S/c1-15(2)6-8-30(24(32)27-7-9-28(3)4)23(31)17-10-16-11-18-19(13-25)22(26)33-21(18)12-20(16)29(5)14-17/h15-17,20H,6-12,14,26H2,1-5H3,(H,27,32)/t16-,17-,20-/m1/s1. The Kier molecular flexibility index (Phi) is 8.38. The molecule has 1 saturated heterocycles. The molecule has 0 saturated carbocycles. The monoisotopic (exact) mass is 474 g/mol. The van der Waals surface area contributed by atoms with Crippen molar-refractivity contribution in [3.63, 3.8) is 0 Å². The molecule has 1 aromatic heterocycles. The fourth-order valence-corrected chi connectivity index (χ4v) is 6.15. The Morgan fingerprint density at radius 3 is 2.67 bits per heavy atom. The van der Waals surface area contributed by atoms with Gasteiger partial charge < -0.3 is 20.9 Å². The fraction of sp³-hybridized carbons (Fsp3) is 0.708. The van der Waals surface area contributed by atoms with Crippen LogP contribution in [0.1, 0.15) is 42.7 Å². The molecule has 1 aliphatic carbocycles. The van der Waals surface area contributed by atoms with Gasteiger partial charge in [0.1, 0.15) is 11.1 Å². The van der Waals surface area contributed by atoms with Crippen LogP contribution in [0.4, 0.5) is 9.80 Å². The molecular formula is C24H38N6O2S. The van der Waals surface area contributed by atoms with Crippen LogP contribution in [0.3, 0.4) is 0 Å². The number of nitrogen functional groups attached to an aromatic ring is 1. The zero-order chi connectivity index (χ0) is 24.3. The van der Waals surface area contributed by atoms with Crippen LogP contribution in [0.5, 0.6) is 0 Å². The summed E-state index contributed by atoms with van der Waals surface area (Å²) in [6.45, 7) is 6.51. The molecule has 2 heterocycles. The van der Waals surface area contributed by atoms with Gasteiger partial charge in [0.2, 0.25) is 5.91 Å². The maximum absolute atomic E-state index is 13.6. The van der Waals surface area contributed by atoms with E-state index < -0.39 is 0 Å². The van der Waals surface area contributed by atoms with Crippen molar-refractivity contribution in [2.24, 2.45) is 17.8 Å². The van der Waals surface area contributed by atoms with Gasteiger partial charge in [0.25, 0.3) is 0 Å². The predicted molar refractivity (Wildman–Crippen MR) is 132 cm³/mol. The lowest BCUT2D eigenvalue weighted by atomic mass is 9.74. The van der Waals surface area contributed by atoms with Gasteiger partial charge in [0, 0.05) is 37.1 Å². The molecule has 1 aliphatic heterocycles. The number of likely N-dealkylation sites (N-methyl/N-ethyl adjacent to an activating group) is 2. The molecule has 8 nitrogen and oxygen atoms in total. The lowest BCUT2D eigenvalue weighted by molar-refractivity contribution is -0.136. The topological polar surface area (TPSA) is 106 Å². The first kappa shape index (κ1) is 25.5. The van der Waals surface area contributed by atoms with Gasteiger partial charge in [-0.2, -0.15) is 5.26 Å². The van der Waals surface area contributed by atoms with Crippen molar-refractivity contribution < 1.29 is 9.59 Å². The van der Waals surface area contributed by atoms with E-state index in [1.165, 1.54) is 21.1 Å². The minimum atomic E-state index is -0.296. The maximum atomic E-state index is 13.6. The number of likely N-dealkylation sites (tertiary alicyclic amines) is 1. The second-order valence-electron chi connectivity index (χ2n) is 10.2. The molecule has 3 amide bonds. The third-order valence-corrected chi connectivity index (χ3v) is 8.01. The molecule has 1 fully saturated rings. The van der Waals surface area contributed by atoms with Gasteiger partial charge in [-0.15, -0.1) is 11.3 Å². The largest absolute Gasteiger partial charge is 0.389 e. The number of hydrogen-bond acceptors (Lipinski definition) is 7. The Balaban J connectivity index is 1.74. The Morgan fingerprint density at radius 2 is 2.03 bits per heavy atom. The number of rotatable bonds is 7. The average molecular weight is 475 g/mol. The van der Waals surface area contributed by atoms with Crippen LogP contribution in [0.25, 0.3) is 0 Å². The van der Waals surface area contributed by atoms with Gasteiger partial charge in [-0.1, -0.05) is 13.8 Å². The molecule has 0 bridgehead atoms. The first-order valence-electron chi connectivity index (χ1n) is 11.9. The van der Waals surface area contributed by atoms with E-state index in [-0.39, 0.29) is 23.8 Å². The number of carbonyl (C=O) groups is 2. The Hall–Kier alpha value is -2.15. The minimum Gasteiger partial charge on any atom is -0.389 e. The number of carbonyl (C=O) groups excluding carboxylic acids is 2. The Bertz CT molecular complexity index is 906. The number of anilines is 1. The highest BCUT2D eigenvalue weighted by molar-refractivity contribution is 7.16. The summed E-state index contributed by atoms with van der Waals surface area (Å²) in [6, 6.07) is 2.31. The predicted octanol–water partition coefficient (Wildman–Crippen LogP) is 2.38. The van der Waals surface area contributed by atoms with E-state index in [0.29, 0.717) is 42.2 Å². The summed E-state index contributed by atoms with van der Waals surface area (Å²) >= 11 is 1.53. The van der Waals surface area contributed by atoms with E-state index in [9.17, 15) is 14.9 Å². The summed E-state index contributed by atoms with van der Waals surface area (Å²) in [6.07, 6.45) is 3.16. The highest BCUT2D eigenvalue weighted by Crippen LogP contribution is 2.43. The molecule has 0 unspecified atom stereocenters. The van der Waals surface area contributed by atoms with Crippen molar-refractivity contribution in [3.8, 4) is 6.07 Å². The molecule has 33 heavy (non-hydrogen) atoms. The van der Waals surface area contributed by atoms with Crippen LogP contribution < -0.4 is 11.1 Å². The maximum Gasteiger partial charge on any atom is 0.324 e. The first-order chi connectivity index (χ1) is 15.6. The van der Waals surface area contributed by atoms with E-state index in [2.05, 4.69) is 37.2 Å². The second kappa shape index (κ2) is 10.9. The Morgan fingerprint density at radius 1 is 1.30 bits per heavy atom. The quantitative estimate of drug-likeness (QED) is 0.629. The van der Waals surface area contributed by atoms with Crippen LogP contribution >= 0.6 is 11.3 Å². The molecule has 3 rings (SSSR count). The summed E-state index contributed by atoms with van der Waals surface area (Å²) in [4.78, 5) is 33.5. The molecule has 182 valence electrons. The third kappa shape index (κ3) is 5.86. The SMILES string of the molecule is CC(C)CCN(C(=O)NCCN(C)C)C(=O)[C@@H]1C[C@@H]2Cc3c(sc(N)c3C#N)C[C@H]2N(C)C1. The van der Waals surface area contributed by atoms with Crippen LogP contribution in [0.15, 0.2) is 0 Å². The van der Waals surface area contributed by atoms with Crippen LogP contribution in [0, 0.1) is 29.1 Å². The first-order valence-corrected chi connectivity index (χ1v) is 12.7. The number of hydrogen-bond donors (Lipinski definition) is 2. The number of nitrogens with two attached hydrogens (primary N) is 1. The average Bonchev–Trinajstić information content (AvgIpc) is 3.05. The zero-order valence-electron chi connectivity index (χ0n) is 20.6. The van der Waals surface area contributed by atoms with Gasteiger partial charge in [-0.05, 0) is 64.2 Å². The molecule has 0 radical (unpaired) electrons. The number of nitrogens with one attached hydrogen (secondary N) is 1. The normalized spacial score (nSPS) is 22.5. The van der Waals surface area contributed by atoms with E-state index >= 15 is 0 Å². The van der Waals surface area contributed by atoms with Crippen molar-refractivity contribution in [3.05, 3.63) is 16.0 Å². The third-order valence-electron chi connectivity index (χ3n) is 6.92. The minimum absolute atomic E-state index is 0.0839. The molecule has 0 aromatic carbocycles. The molecule has 9 heteroatoms. The summed E-state index contributed by atoms with van der Waals surface area (Å²) in [7, 11) is 5.98. The van der Waals surface area contributed by atoms with Crippen molar-refractivity contribution in [1.82, 2.24) is 20.0 Å². The lowest BCUT2D eigenvalue weighted by Crippen LogP contribution is -2.55. The van der Waals surface area contributed by atoms with E-state index in [1.807, 2.05) is 19.0 Å². The Labute approximate surface area is 201 Å². The molecular weight excluding hydrogens is 436 g/mol. The van der Waals surface area contributed by atoms with Crippen molar-refractivity contribution in [2.45, 2.75) is 45.6 Å². The van der Waals surface area contributed by atoms with E-state index in [0.717, 1.165) is 37.8 Å². The molecule has 3 atom stereocenters. The number of amides is 3. The van der Waals surface area contributed by atoms with E-state index in [1.54, 1.807) is 0 Å². The highest BCUT2D eigenvalue weighted by atomic mass is 32.1. The zero-order valence-corrected chi connectivity index (χ0v) is 21.4. The fourth-order valence-electron chi connectivity index (χ4n) is 5.05. The number of fused-ring (bicyclic) bond motifs is 2. The number of urea groups is 1. The summed E-state index contributed by atoms with van der Waals surface area (Å²) < 4.78 is 0. The van der Waals surface area contributed by atoms with E-state index in [4.69, 9.17) is 5.73 Å². The summed E-state index contributed by atoms with van der Waals surface area (Å²) in [5, 5.41) is 13.1. The second-order valence-corrected chi connectivity index (χ2v) is 11.3. The lowest BCUT2D eigenvalue weighted by Gasteiger charge is -2.45. The van der Waals surface area contributed by atoms with Gasteiger partial charge >= 0.3 is 6.03 Å². The highest BCUT2D eigenvalue weighted by Gasteiger charge is 2.43. The summed E-state index contributed by atoms with van der Waals surface area (Å²) in [5.41, 5.74) is 7.78. The number of thiophene rings is 1. The van der Waals surface area contributed by atoms with Crippen molar-refractivity contribution >= 4 is 28.3 Å². The number of nitrogens with zero attached hydrogens (tertiary/aromatic N) is 4. The molecule has 0 spiro atoms. The van der Waals surface area contributed by atoms with Crippen molar-refractivity contribution in [1.29, 1.82) is 5.26 Å². The molecule has 3 N–H and O–H groups in total. The summed E-state index contributed by atoms with van der Waals surface area (Å²) in [5.74, 6) is 0.360. The van der Waals surface area contributed by atoms with Gasteiger partial charge in [0.15, 0.2) is 0 Å². The molecule has 1 aromatic rings. The van der Waals surface area contributed by atoms with Crippen LogP contribution in [-0.4, -0.2) is 80.0 Å². The number of nitriles is 1. The van der Waals surface area contributed by atoms with Crippen LogP contribution in [0.2, 0.25) is 0 Å². The van der Waals surface area contributed by atoms with Crippen molar-refractivity contribution in [2.75, 3.05) is 53.1 Å². The number of piperidine rings is 1. The van der Waals surface area contributed by atoms with Crippen LogP contribution in [-0.2, 0) is 17.6 Å².